The molecule has 0 atom stereocenters. The number of anilines is 1. The number of thioether (sulfide) groups is 1. The van der Waals surface area contributed by atoms with E-state index in [1.54, 1.807) is 10.9 Å². The fraction of sp³-hybridized carbons (Fsp3) is 0.154. The average molecular weight is 411 g/mol. The molecule has 3 aromatic rings. The van der Waals surface area contributed by atoms with Gasteiger partial charge in [-0.3, -0.25) is 10.1 Å². The van der Waals surface area contributed by atoms with Gasteiger partial charge < -0.3 is 4.57 Å². The maximum Gasteiger partial charge on any atom is 0.236 e. The fourth-order valence-electron chi connectivity index (χ4n) is 1.67. The van der Waals surface area contributed by atoms with Gasteiger partial charge in [-0.15, -0.1) is 20.4 Å². The second kappa shape index (κ2) is 7.20. The number of carbonyl (C=O) groups excluding carboxylic acids is 1. The lowest BCUT2D eigenvalue weighted by molar-refractivity contribution is -0.113. The van der Waals surface area contributed by atoms with Crippen molar-refractivity contribution in [3.05, 3.63) is 35.1 Å². The van der Waals surface area contributed by atoms with Gasteiger partial charge in [-0.25, -0.2) is 0 Å². The van der Waals surface area contributed by atoms with Crippen LogP contribution in [0.5, 0.6) is 0 Å². The molecule has 1 N–H and O–H groups in total. The highest BCUT2D eigenvalue weighted by Gasteiger charge is 2.11. The van der Waals surface area contributed by atoms with Crippen LogP contribution in [0.1, 0.15) is 0 Å². The molecule has 0 fully saturated rings. The number of hydrogen-bond donors (Lipinski definition) is 1. The van der Waals surface area contributed by atoms with Crippen LogP contribution in [0.3, 0.4) is 0 Å². The van der Waals surface area contributed by atoms with Crippen LogP contribution in [0, 0.1) is 0 Å². The Bertz CT molecular complexity index is 816. The SMILES string of the molecule is Cn1cnnc1SCC(=O)Nc1nnc(-c2ccc(Br)cc2)s1. The highest BCUT2D eigenvalue weighted by molar-refractivity contribution is 9.10. The summed E-state index contributed by atoms with van der Waals surface area (Å²) in [5.74, 6) is 0.0798. The first-order valence-corrected chi connectivity index (χ1v) is 9.07. The summed E-state index contributed by atoms with van der Waals surface area (Å²) in [6, 6.07) is 7.76. The first-order valence-electron chi connectivity index (χ1n) is 6.48. The Labute approximate surface area is 148 Å². The van der Waals surface area contributed by atoms with Gasteiger partial charge in [0.1, 0.15) is 11.3 Å². The van der Waals surface area contributed by atoms with Crippen molar-refractivity contribution in [2.75, 3.05) is 11.1 Å². The predicted molar refractivity (Wildman–Crippen MR) is 93.4 cm³/mol. The van der Waals surface area contributed by atoms with E-state index in [2.05, 4.69) is 41.6 Å². The van der Waals surface area contributed by atoms with Crippen molar-refractivity contribution in [2.45, 2.75) is 5.16 Å². The molecule has 2 heterocycles. The number of carbonyl (C=O) groups is 1. The maximum absolute atomic E-state index is 12.0. The van der Waals surface area contributed by atoms with Gasteiger partial charge in [0.05, 0.1) is 5.75 Å². The molecular formula is C13H11BrN6OS2. The molecule has 1 amide bonds. The monoisotopic (exact) mass is 410 g/mol. The number of halogens is 1. The smallest absolute Gasteiger partial charge is 0.236 e. The summed E-state index contributed by atoms with van der Waals surface area (Å²) in [7, 11) is 1.83. The molecule has 10 heteroatoms. The molecule has 1 aromatic carbocycles. The number of benzene rings is 1. The van der Waals surface area contributed by atoms with E-state index in [0.717, 1.165) is 15.0 Å². The molecule has 3 rings (SSSR count). The van der Waals surface area contributed by atoms with E-state index in [9.17, 15) is 4.79 Å². The molecule has 0 spiro atoms. The van der Waals surface area contributed by atoms with E-state index in [1.807, 2.05) is 31.3 Å². The van der Waals surface area contributed by atoms with Gasteiger partial charge in [-0.05, 0) is 12.1 Å². The first kappa shape index (κ1) is 16.1. The third-order valence-electron chi connectivity index (χ3n) is 2.76. The summed E-state index contributed by atoms with van der Waals surface area (Å²) < 4.78 is 2.76. The zero-order chi connectivity index (χ0) is 16.2. The van der Waals surface area contributed by atoms with Crippen LogP contribution in [0.4, 0.5) is 5.13 Å². The minimum atomic E-state index is -0.156. The van der Waals surface area contributed by atoms with E-state index in [0.29, 0.717) is 10.3 Å². The highest BCUT2D eigenvalue weighted by Crippen LogP contribution is 2.27. The normalized spacial score (nSPS) is 10.7. The Morgan fingerprint density at radius 1 is 1.30 bits per heavy atom. The minimum absolute atomic E-state index is 0.156. The van der Waals surface area contributed by atoms with Crippen LogP contribution in [0.2, 0.25) is 0 Å². The number of aromatic nitrogens is 5. The van der Waals surface area contributed by atoms with Crippen molar-refractivity contribution in [1.82, 2.24) is 25.0 Å². The molecule has 0 aliphatic rings. The van der Waals surface area contributed by atoms with Gasteiger partial charge in [0.25, 0.3) is 0 Å². The van der Waals surface area contributed by atoms with Crippen molar-refractivity contribution in [3.63, 3.8) is 0 Å². The maximum atomic E-state index is 12.0. The largest absolute Gasteiger partial charge is 0.312 e. The molecule has 118 valence electrons. The highest BCUT2D eigenvalue weighted by atomic mass is 79.9. The fourth-order valence-corrected chi connectivity index (χ4v) is 3.39. The summed E-state index contributed by atoms with van der Waals surface area (Å²) in [4.78, 5) is 12.0. The number of aryl methyl sites for hydroxylation is 1. The summed E-state index contributed by atoms with van der Waals surface area (Å²) in [6.07, 6.45) is 1.59. The van der Waals surface area contributed by atoms with E-state index in [-0.39, 0.29) is 11.7 Å². The third-order valence-corrected chi connectivity index (χ3v) is 5.22. The van der Waals surface area contributed by atoms with Crippen molar-refractivity contribution in [1.29, 1.82) is 0 Å². The molecule has 7 nitrogen and oxygen atoms in total. The second-order valence-electron chi connectivity index (χ2n) is 4.48. The molecule has 0 saturated heterocycles. The van der Waals surface area contributed by atoms with Crippen molar-refractivity contribution in [3.8, 4) is 10.6 Å². The molecule has 0 bridgehead atoms. The summed E-state index contributed by atoms with van der Waals surface area (Å²) >= 11 is 6.04. The van der Waals surface area contributed by atoms with Crippen molar-refractivity contribution >= 4 is 50.1 Å². The number of hydrogen-bond acceptors (Lipinski definition) is 7. The van der Waals surface area contributed by atoms with E-state index >= 15 is 0 Å². The third kappa shape index (κ3) is 4.15. The lowest BCUT2D eigenvalue weighted by Gasteiger charge is -2.00. The molecule has 0 radical (unpaired) electrons. The minimum Gasteiger partial charge on any atom is -0.312 e. The van der Waals surface area contributed by atoms with E-state index < -0.39 is 0 Å². The topological polar surface area (TPSA) is 85.6 Å². The van der Waals surface area contributed by atoms with Gasteiger partial charge >= 0.3 is 0 Å². The lowest BCUT2D eigenvalue weighted by Crippen LogP contribution is -2.14. The van der Waals surface area contributed by atoms with Gasteiger partial charge in [0.2, 0.25) is 11.0 Å². The summed E-state index contributed by atoms with van der Waals surface area (Å²) in [6.45, 7) is 0. The first-order chi connectivity index (χ1) is 11.1. The van der Waals surface area contributed by atoms with Crippen molar-refractivity contribution in [2.24, 2.45) is 7.05 Å². The van der Waals surface area contributed by atoms with Crippen LogP contribution in [-0.2, 0) is 11.8 Å². The van der Waals surface area contributed by atoms with Gasteiger partial charge in [0, 0.05) is 17.1 Å². The zero-order valence-electron chi connectivity index (χ0n) is 11.9. The molecule has 0 saturated carbocycles. The lowest BCUT2D eigenvalue weighted by atomic mass is 10.2. The van der Waals surface area contributed by atoms with E-state index in [4.69, 9.17) is 0 Å². The second-order valence-corrected chi connectivity index (χ2v) is 7.32. The predicted octanol–water partition coefficient (Wildman–Crippen LogP) is 2.83. The van der Waals surface area contributed by atoms with E-state index in [1.165, 1.54) is 23.1 Å². The Balaban J connectivity index is 1.59. The van der Waals surface area contributed by atoms with Crippen molar-refractivity contribution < 1.29 is 4.79 Å². The Morgan fingerprint density at radius 3 is 2.78 bits per heavy atom. The zero-order valence-corrected chi connectivity index (χ0v) is 15.2. The Kier molecular flexibility index (Phi) is 5.03. The Hall–Kier alpha value is -1.78. The molecule has 0 aliphatic carbocycles. The van der Waals surface area contributed by atoms with Gasteiger partial charge in [0.15, 0.2) is 5.16 Å². The number of nitrogens with zero attached hydrogens (tertiary/aromatic N) is 5. The van der Waals surface area contributed by atoms with Crippen LogP contribution in [-0.4, -0.2) is 36.6 Å². The van der Waals surface area contributed by atoms with Gasteiger partial charge in [-0.2, -0.15) is 0 Å². The molecule has 0 aliphatic heterocycles. The summed E-state index contributed by atoms with van der Waals surface area (Å²) in [5.41, 5.74) is 0.958. The molecular weight excluding hydrogens is 400 g/mol. The number of rotatable bonds is 5. The summed E-state index contributed by atoms with van der Waals surface area (Å²) in [5, 5.41) is 20.4. The quantitative estimate of drug-likeness (QED) is 0.650. The standard InChI is InChI=1S/C13H11BrN6OS2/c1-20-7-15-19-13(20)22-6-10(21)16-12-18-17-11(23-12)8-2-4-9(14)5-3-8/h2-5,7H,6H2,1H3,(H,16,18,21). The number of amides is 1. The van der Waals surface area contributed by atoms with Gasteiger partial charge in [-0.1, -0.05) is 51.2 Å². The molecule has 0 unspecified atom stereocenters. The molecule has 2 aromatic heterocycles. The average Bonchev–Trinajstić information content (AvgIpc) is 3.15. The molecule has 23 heavy (non-hydrogen) atoms. The van der Waals surface area contributed by atoms with Crippen LogP contribution in [0.15, 0.2) is 40.2 Å². The number of nitrogens with one attached hydrogen (secondary N) is 1. The van der Waals surface area contributed by atoms with Crippen LogP contribution < -0.4 is 5.32 Å². The Morgan fingerprint density at radius 2 is 2.09 bits per heavy atom. The van der Waals surface area contributed by atoms with Crippen LogP contribution >= 0.6 is 39.0 Å². The van der Waals surface area contributed by atoms with Crippen LogP contribution in [0.25, 0.3) is 10.6 Å².